The molecule has 0 unspecified atom stereocenters. The Morgan fingerprint density at radius 3 is 2.44 bits per heavy atom. The van der Waals surface area contributed by atoms with Crippen LogP contribution >= 0.6 is 0 Å². The van der Waals surface area contributed by atoms with Gasteiger partial charge < -0.3 is 14.2 Å². The molecule has 6 heteroatoms. The highest BCUT2D eigenvalue weighted by Crippen LogP contribution is 2.27. The first-order valence-corrected chi connectivity index (χ1v) is 10.5. The molecule has 0 aliphatic rings. The summed E-state index contributed by atoms with van der Waals surface area (Å²) in [6.07, 6.45) is 2.30. The quantitative estimate of drug-likeness (QED) is 0.280. The Hall–Kier alpha value is -3.80. The number of aryl methyl sites for hydroxylation is 2. The predicted octanol–water partition coefficient (Wildman–Crippen LogP) is 4.92. The first kappa shape index (κ1) is 22.9. The lowest BCUT2D eigenvalue weighted by Crippen LogP contribution is -2.17. The number of nitrogens with zero attached hydrogens (tertiary/aromatic N) is 1. The van der Waals surface area contributed by atoms with E-state index in [0.717, 1.165) is 17.7 Å². The molecule has 0 saturated heterocycles. The number of hydrazone groups is 1. The number of methoxy groups -OCH3 is 1. The molecule has 0 bridgehead atoms. The SMILES string of the molecule is COc1cc(/C=N/NC(=O)c2ccccc2)ccc1OCCCOc1ccc(C)c(C)c1. The van der Waals surface area contributed by atoms with E-state index in [-0.39, 0.29) is 5.91 Å². The molecule has 166 valence electrons. The van der Waals surface area contributed by atoms with E-state index in [1.54, 1.807) is 43.7 Å². The normalized spacial score (nSPS) is 10.7. The zero-order valence-corrected chi connectivity index (χ0v) is 18.6. The number of nitrogens with one attached hydrogen (secondary N) is 1. The van der Waals surface area contributed by atoms with E-state index in [1.807, 2.05) is 30.3 Å². The topological polar surface area (TPSA) is 69.2 Å². The Labute approximate surface area is 188 Å². The summed E-state index contributed by atoms with van der Waals surface area (Å²) in [7, 11) is 1.59. The number of ether oxygens (including phenoxy) is 3. The Kier molecular flexibility index (Phi) is 8.26. The second-order valence-corrected chi connectivity index (χ2v) is 7.27. The van der Waals surface area contributed by atoms with E-state index in [4.69, 9.17) is 14.2 Å². The number of benzene rings is 3. The third-order valence-electron chi connectivity index (χ3n) is 4.90. The van der Waals surface area contributed by atoms with Crippen molar-refractivity contribution >= 4 is 12.1 Å². The highest BCUT2D eigenvalue weighted by Gasteiger charge is 2.06. The Balaban J connectivity index is 1.47. The molecule has 0 heterocycles. The van der Waals surface area contributed by atoms with Crippen LogP contribution < -0.4 is 19.6 Å². The zero-order valence-electron chi connectivity index (χ0n) is 18.6. The molecule has 1 N–H and O–H groups in total. The highest BCUT2D eigenvalue weighted by molar-refractivity contribution is 5.94. The van der Waals surface area contributed by atoms with Crippen LogP contribution in [0.25, 0.3) is 0 Å². The number of amides is 1. The second-order valence-electron chi connectivity index (χ2n) is 7.27. The van der Waals surface area contributed by atoms with Gasteiger partial charge in [-0.25, -0.2) is 5.43 Å². The lowest BCUT2D eigenvalue weighted by Gasteiger charge is -2.12. The molecule has 3 rings (SSSR count). The van der Waals surface area contributed by atoms with E-state index < -0.39 is 0 Å². The van der Waals surface area contributed by atoms with Crippen LogP contribution in [-0.2, 0) is 0 Å². The molecule has 3 aromatic carbocycles. The molecule has 0 fully saturated rings. The van der Waals surface area contributed by atoms with Crippen LogP contribution in [0.4, 0.5) is 0 Å². The van der Waals surface area contributed by atoms with Gasteiger partial charge in [-0.1, -0.05) is 24.3 Å². The van der Waals surface area contributed by atoms with Crippen LogP contribution in [0.2, 0.25) is 0 Å². The summed E-state index contributed by atoms with van der Waals surface area (Å²) in [6.45, 7) is 5.22. The minimum atomic E-state index is -0.267. The van der Waals surface area contributed by atoms with Gasteiger partial charge in [0.2, 0.25) is 0 Å². The van der Waals surface area contributed by atoms with Gasteiger partial charge in [-0.15, -0.1) is 0 Å². The molecule has 0 aromatic heterocycles. The summed E-state index contributed by atoms with van der Waals surface area (Å²) in [5.74, 6) is 1.84. The molecule has 0 aliphatic heterocycles. The van der Waals surface area contributed by atoms with Gasteiger partial charge in [0.15, 0.2) is 11.5 Å². The smallest absolute Gasteiger partial charge is 0.271 e. The van der Waals surface area contributed by atoms with Crippen molar-refractivity contribution < 1.29 is 19.0 Å². The highest BCUT2D eigenvalue weighted by atomic mass is 16.5. The molecule has 0 atom stereocenters. The maximum Gasteiger partial charge on any atom is 0.271 e. The summed E-state index contributed by atoms with van der Waals surface area (Å²) in [5, 5.41) is 4.01. The molecule has 0 aliphatic carbocycles. The van der Waals surface area contributed by atoms with Crippen molar-refractivity contribution in [2.75, 3.05) is 20.3 Å². The van der Waals surface area contributed by atoms with E-state index in [1.165, 1.54) is 11.1 Å². The monoisotopic (exact) mass is 432 g/mol. The van der Waals surface area contributed by atoms with Crippen LogP contribution in [0, 0.1) is 13.8 Å². The summed E-state index contributed by atoms with van der Waals surface area (Å²) < 4.78 is 17.1. The molecule has 32 heavy (non-hydrogen) atoms. The van der Waals surface area contributed by atoms with Gasteiger partial charge in [0, 0.05) is 12.0 Å². The fourth-order valence-electron chi connectivity index (χ4n) is 2.94. The summed E-state index contributed by atoms with van der Waals surface area (Å²) in [4.78, 5) is 12.0. The maximum atomic E-state index is 12.0. The van der Waals surface area contributed by atoms with Crippen molar-refractivity contribution in [2.24, 2.45) is 5.10 Å². The standard InChI is InChI=1S/C26H28N2O4/c1-19-10-12-23(16-20(19)2)31-14-7-15-32-24-13-11-21(17-25(24)30-3)18-27-28-26(29)22-8-5-4-6-9-22/h4-6,8-13,16-18H,7,14-15H2,1-3H3,(H,28,29)/b27-18+. The molecule has 6 nitrogen and oxygen atoms in total. The van der Waals surface area contributed by atoms with Crippen molar-refractivity contribution in [3.8, 4) is 17.2 Å². The van der Waals surface area contributed by atoms with Crippen molar-refractivity contribution in [2.45, 2.75) is 20.3 Å². The predicted molar refractivity (Wildman–Crippen MR) is 126 cm³/mol. The summed E-state index contributed by atoms with van der Waals surface area (Å²) in [5.41, 5.74) is 6.30. The molecule has 1 amide bonds. The van der Waals surface area contributed by atoms with E-state index in [9.17, 15) is 4.79 Å². The molecule has 0 saturated carbocycles. The van der Waals surface area contributed by atoms with Gasteiger partial charge in [0.25, 0.3) is 5.91 Å². The van der Waals surface area contributed by atoms with Crippen molar-refractivity contribution in [1.82, 2.24) is 5.43 Å². The van der Waals surface area contributed by atoms with E-state index >= 15 is 0 Å². The Morgan fingerprint density at radius 2 is 1.69 bits per heavy atom. The van der Waals surface area contributed by atoms with Gasteiger partial charge in [-0.05, 0) is 73.0 Å². The second kappa shape index (κ2) is 11.6. The Morgan fingerprint density at radius 1 is 0.906 bits per heavy atom. The average molecular weight is 433 g/mol. The molecule has 0 radical (unpaired) electrons. The third kappa shape index (κ3) is 6.60. The zero-order chi connectivity index (χ0) is 22.8. The van der Waals surface area contributed by atoms with Crippen molar-refractivity contribution in [1.29, 1.82) is 0 Å². The van der Waals surface area contributed by atoms with Gasteiger partial charge in [-0.3, -0.25) is 4.79 Å². The van der Waals surface area contributed by atoms with Crippen LogP contribution in [0.1, 0.15) is 33.5 Å². The first-order valence-electron chi connectivity index (χ1n) is 10.5. The largest absolute Gasteiger partial charge is 0.493 e. The number of hydrogen-bond donors (Lipinski definition) is 1. The minimum Gasteiger partial charge on any atom is -0.493 e. The summed E-state index contributed by atoms with van der Waals surface area (Å²) >= 11 is 0. The van der Waals surface area contributed by atoms with Gasteiger partial charge >= 0.3 is 0 Å². The Bertz CT molecular complexity index is 1060. The molecular formula is C26H28N2O4. The number of carbonyl (C=O) groups is 1. The fraction of sp³-hybridized carbons (Fsp3) is 0.231. The fourth-order valence-corrected chi connectivity index (χ4v) is 2.94. The van der Waals surface area contributed by atoms with Crippen LogP contribution in [0.15, 0.2) is 71.8 Å². The molecular weight excluding hydrogens is 404 g/mol. The van der Waals surface area contributed by atoms with Crippen LogP contribution in [0.5, 0.6) is 17.2 Å². The van der Waals surface area contributed by atoms with Crippen LogP contribution in [-0.4, -0.2) is 32.4 Å². The van der Waals surface area contributed by atoms with Crippen molar-refractivity contribution in [3.05, 3.63) is 89.0 Å². The number of hydrogen-bond acceptors (Lipinski definition) is 5. The van der Waals surface area contributed by atoms with E-state index in [0.29, 0.717) is 30.3 Å². The van der Waals surface area contributed by atoms with Gasteiger partial charge in [0.05, 0.1) is 26.5 Å². The lowest BCUT2D eigenvalue weighted by atomic mass is 10.1. The summed E-state index contributed by atoms with van der Waals surface area (Å²) in [6, 6.07) is 20.5. The van der Waals surface area contributed by atoms with Crippen molar-refractivity contribution in [3.63, 3.8) is 0 Å². The average Bonchev–Trinajstić information content (AvgIpc) is 2.82. The van der Waals surface area contributed by atoms with Crippen LogP contribution in [0.3, 0.4) is 0 Å². The van der Waals surface area contributed by atoms with Gasteiger partial charge in [0.1, 0.15) is 5.75 Å². The maximum absolute atomic E-state index is 12.0. The lowest BCUT2D eigenvalue weighted by molar-refractivity contribution is 0.0955. The number of rotatable bonds is 10. The number of carbonyl (C=O) groups excluding carboxylic acids is 1. The minimum absolute atomic E-state index is 0.267. The van der Waals surface area contributed by atoms with Gasteiger partial charge in [-0.2, -0.15) is 5.10 Å². The molecule has 3 aromatic rings. The molecule has 0 spiro atoms. The van der Waals surface area contributed by atoms with E-state index in [2.05, 4.69) is 30.4 Å². The first-order chi connectivity index (χ1) is 15.6. The third-order valence-corrected chi connectivity index (χ3v) is 4.90.